The van der Waals surface area contributed by atoms with Crippen molar-refractivity contribution in [3.05, 3.63) is 57.6 Å². The molecule has 1 amide bonds. The number of rotatable bonds is 6. The van der Waals surface area contributed by atoms with E-state index in [-0.39, 0.29) is 16.9 Å². The number of nitrogens with zero attached hydrogens (tertiary/aromatic N) is 1. The van der Waals surface area contributed by atoms with Crippen LogP contribution in [-0.4, -0.2) is 23.5 Å². The van der Waals surface area contributed by atoms with E-state index < -0.39 is 0 Å². The molecule has 0 bridgehead atoms. The van der Waals surface area contributed by atoms with Gasteiger partial charge in [-0.1, -0.05) is 47.9 Å². The number of esters is 1. The number of nitrogens with one attached hydrogen (secondary N) is 1. The summed E-state index contributed by atoms with van der Waals surface area (Å²) in [6.45, 7) is 2.43. The number of unbranched alkanes of at least 4 members (excludes halogenated alkanes) is 1. The lowest BCUT2D eigenvalue weighted by atomic mass is 10.2. The minimum absolute atomic E-state index is 0.262. The van der Waals surface area contributed by atoms with Crippen molar-refractivity contribution in [3.63, 3.8) is 0 Å². The SMILES string of the molecule is CCCCOC(=O)c1ccc2nc(NC(=O)c3ccc(Cl)cc3Cl)sc2c1. The lowest BCUT2D eigenvalue weighted by Gasteiger charge is -2.04. The van der Waals surface area contributed by atoms with E-state index >= 15 is 0 Å². The van der Waals surface area contributed by atoms with Gasteiger partial charge in [-0.25, -0.2) is 9.78 Å². The van der Waals surface area contributed by atoms with Crippen LogP contribution in [0.15, 0.2) is 36.4 Å². The van der Waals surface area contributed by atoms with Gasteiger partial charge in [-0.3, -0.25) is 10.1 Å². The van der Waals surface area contributed by atoms with Crippen molar-refractivity contribution in [3.8, 4) is 0 Å². The van der Waals surface area contributed by atoms with E-state index in [9.17, 15) is 9.59 Å². The van der Waals surface area contributed by atoms with E-state index in [1.807, 2.05) is 6.92 Å². The predicted octanol–water partition coefficient (Wildman–Crippen LogP) is 5.81. The Morgan fingerprint density at radius 3 is 2.74 bits per heavy atom. The van der Waals surface area contributed by atoms with E-state index in [0.29, 0.717) is 33.4 Å². The summed E-state index contributed by atoms with van der Waals surface area (Å²) < 4.78 is 5.99. The van der Waals surface area contributed by atoms with Gasteiger partial charge < -0.3 is 4.74 Å². The third-order valence-electron chi connectivity index (χ3n) is 3.75. The molecule has 0 aliphatic rings. The second kappa shape index (κ2) is 8.69. The average Bonchev–Trinajstić information content (AvgIpc) is 3.02. The number of hydrogen-bond acceptors (Lipinski definition) is 5. The average molecular weight is 423 g/mol. The van der Waals surface area contributed by atoms with Crippen molar-refractivity contribution < 1.29 is 14.3 Å². The molecule has 1 aromatic heterocycles. The zero-order valence-corrected chi connectivity index (χ0v) is 16.7. The fourth-order valence-electron chi connectivity index (χ4n) is 2.34. The number of anilines is 1. The summed E-state index contributed by atoms with van der Waals surface area (Å²) in [6, 6.07) is 9.76. The van der Waals surface area contributed by atoms with Crippen LogP contribution in [0, 0.1) is 0 Å². The number of halogens is 2. The Kier molecular flexibility index (Phi) is 6.31. The van der Waals surface area contributed by atoms with Crippen molar-refractivity contribution in [2.24, 2.45) is 0 Å². The van der Waals surface area contributed by atoms with E-state index in [0.717, 1.165) is 17.5 Å². The highest BCUT2D eigenvalue weighted by molar-refractivity contribution is 7.22. The normalized spacial score (nSPS) is 10.8. The minimum atomic E-state index is -0.380. The zero-order chi connectivity index (χ0) is 19.4. The Morgan fingerprint density at radius 2 is 2.00 bits per heavy atom. The minimum Gasteiger partial charge on any atom is -0.462 e. The van der Waals surface area contributed by atoms with Gasteiger partial charge in [-0.2, -0.15) is 0 Å². The highest BCUT2D eigenvalue weighted by Gasteiger charge is 2.15. The number of carbonyl (C=O) groups is 2. The van der Waals surface area contributed by atoms with Gasteiger partial charge in [-0.15, -0.1) is 0 Å². The van der Waals surface area contributed by atoms with E-state index in [4.69, 9.17) is 27.9 Å². The van der Waals surface area contributed by atoms with Gasteiger partial charge >= 0.3 is 5.97 Å². The molecule has 0 saturated heterocycles. The molecule has 0 aliphatic heterocycles. The van der Waals surface area contributed by atoms with Crippen LogP contribution in [0.1, 0.15) is 40.5 Å². The highest BCUT2D eigenvalue weighted by atomic mass is 35.5. The molecule has 0 saturated carbocycles. The predicted molar refractivity (Wildman–Crippen MR) is 109 cm³/mol. The Labute approximate surface area is 170 Å². The van der Waals surface area contributed by atoms with Crippen molar-refractivity contribution in [1.82, 2.24) is 4.98 Å². The molecule has 27 heavy (non-hydrogen) atoms. The Bertz CT molecular complexity index is 1000. The second-order valence-corrected chi connectivity index (χ2v) is 7.64. The van der Waals surface area contributed by atoms with Crippen LogP contribution in [0.25, 0.3) is 10.2 Å². The molecule has 1 heterocycles. The van der Waals surface area contributed by atoms with Crippen molar-refractivity contribution >= 4 is 61.8 Å². The molecule has 0 unspecified atom stereocenters. The molecular formula is C19H16Cl2N2O3S. The summed E-state index contributed by atoms with van der Waals surface area (Å²) in [5, 5.41) is 3.85. The van der Waals surface area contributed by atoms with Crippen molar-refractivity contribution in [2.45, 2.75) is 19.8 Å². The van der Waals surface area contributed by atoms with Crippen LogP contribution in [0.3, 0.4) is 0 Å². The number of hydrogen-bond donors (Lipinski definition) is 1. The first-order valence-corrected chi connectivity index (χ1v) is 9.89. The van der Waals surface area contributed by atoms with Gasteiger partial charge in [0.15, 0.2) is 5.13 Å². The lowest BCUT2D eigenvalue weighted by molar-refractivity contribution is 0.0500. The fourth-order valence-corrected chi connectivity index (χ4v) is 3.73. The number of fused-ring (bicyclic) bond motifs is 1. The molecule has 0 aliphatic carbocycles. The lowest BCUT2D eigenvalue weighted by Crippen LogP contribution is -2.12. The maximum Gasteiger partial charge on any atom is 0.338 e. The molecule has 3 rings (SSSR count). The van der Waals surface area contributed by atoms with Crippen molar-refractivity contribution in [2.75, 3.05) is 11.9 Å². The summed E-state index contributed by atoms with van der Waals surface area (Å²) in [5.74, 6) is -0.743. The summed E-state index contributed by atoms with van der Waals surface area (Å²) in [5.41, 5.74) is 1.45. The molecule has 5 nitrogen and oxygen atoms in total. The van der Waals surface area contributed by atoms with Gasteiger partial charge in [0.1, 0.15) is 0 Å². The monoisotopic (exact) mass is 422 g/mol. The van der Waals surface area contributed by atoms with E-state index in [2.05, 4.69) is 10.3 Å². The number of benzene rings is 2. The Hall–Kier alpha value is -2.15. The Balaban J connectivity index is 1.76. The maximum absolute atomic E-state index is 12.4. The van der Waals surface area contributed by atoms with Crippen LogP contribution in [-0.2, 0) is 4.74 Å². The summed E-state index contributed by atoms with van der Waals surface area (Å²) in [6.07, 6.45) is 1.79. The number of aromatic nitrogens is 1. The fraction of sp³-hybridized carbons (Fsp3) is 0.211. The first kappa shape index (κ1) is 19.6. The number of amides is 1. The van der Waals surface area contributed by atoms with Crippen LogP contribution in [0.5, 0.6) is 0 Å². The van der Waals surface area contributed by atoms with Gasteiger partial charge in [0, 0.05) is 5.02 Å². The topological polar surface area (TPSA) is 68.3 Å². The third-order valence-corrected chi connectivity index (χ3v) is 5.23. The summed E-state index contributed by atoms with van der Waals surface area (Å²) in [4.78, 5) is 28.8. The van der Waals surface area contributed by atoms with Gasteiger partial charge in [0.05, 0.1) is 33.0 Å². The molecule has 8 heteroatoms. The van der Waals surface area contributed by atoms with Crippen LogP contribution >= 0.6 is 34.5 Å². The van der Waals surface area contributed by atoms with Crippen LogP contribution in [0.2, 0.25) is 10.0 Å². The van der Waals surface area contributed by atoms with Gasteiger partial charge in [-0.05, 0) is 42.8 Å². The van der Waals surface area contributed by atoms with Crippen LogP contribution < -0.4 is 5.32 Å². The first-order chi connectivity index (χ1) is 13.0. The molecule has 0 fully saturated rings. The number of thiazole rings is 1. The summed E-state index contributed by atoms with van der Waals surface area (Å²) in [7, 11) is 0. The molecule has 2 aromatic carbocycles. The molecule has 140 valence electrons. The van der Waals surface area contributed by atoms with E-state index in [1.165, 1.54) is 17.4 Å². The number of ether oxygens (including phenoxy) is 1. The second-order valence-electron chi connectivity index (χ2n) is 5.77. The van der Waals surface area contributed by atoms with E-state index in [1.54, 1.807) is 30.3 Å². The first-order valence-electron chi connectivity index (χ1n) is 8.32. The molecule has 1 N–H and O–H groups in total. The van der Waals surface area contributed by atoms with Crippen LogP contribution in [0.4, 0.5) is 5.13 Å². The molecule has 0 atom stereocenters. The zero-order valence-electron chi connectivity index (χ0n) is 14.4. The highest BCUT2D eigenvalue weighted by Crippen LogP contribution is 2.28. The molecule has 3 aromatic rings. The third kappa shape index (κ3) is 4.77. The van der Waals surface area contributed by atoms with Gasteiger partial charge in [0.2, 0.25) is 0 Å². The summed E-state index contributed by atoms with van der Waals surface area (Å²) >= 11 is 13.2. The quantitative estimate of drug-likeness (QED) is 0.401. The molecule has 0 spiro atoms. The van der Waals surface area contributed by atoms with Crippen molar-refractivity contribution in [1.29, 1.82) is 0 Å². The molecular weight excluding hydrogens is 407 g/mol. The largest absolute Gasteiger partial charge is 0.462 e. The smallest absolute Gasteiger partial charge is 0.338 e. The number of carbonyl (C=O) groups excluding carboxylic acids is 2. The maximum atomic E-state index is 12.4. The molecule has 0 radical (unpaired) electrons. The van der Waals surface area contributed by atoms with Gasteiger partial charge in [0.25, 0.3) is 5.91 Å². The standard InChI is InChI=1S/C19H16Cl2N2O3S/c1-2-3-8-26-18(25)11-4-7-15-16(9-11)27-19(22-15)23-17(24)13-6-5-12(20)10-14(13)21/h4-7,9-10H,2-3,8H2,1H3,(H,22,23,24). The Morgan fingerprint density at radius 1 is 1.19 bits per heavy atom.